The van der Waals surface area contributed by atoms with Gasteiger partial charge in [-0.15, -0.1) is 0 Å². The van der Waals surface area contributed by atoms with Gasteiger partial charge in [0.05, 0.1) is 0 Å². The molecule has 0 saturated heterocycles. The molecule has 0 fully saturated rings. The molecule has 0 nitrogen and oxygen atoms in total. The van der Waals surface area contributed by atoms with Gasteiger partial charge in [0.2, 0.25) is 0 Å². The zero-order valence-corrected chi connectivity index (χ0v) is 9.09. The van der Waals surface area contributed by atoms with Gasteiger partial charge in [-0.25, -0.2) is 0 Å². The minimum absolute atomic E-state index is 0.846. The molecule has 1 atom stereocenters. The minimum atomic E-state index is 0.846. The van der Waals surface area contributed by atoms with E-state index < -0.39 is 0 Å². The Kier molecular flexibility index (Phi) is 3.44. The summed E-state index contributed by atoms with van der Waals surface area (Å²) in [7, 11) is 0. The van der Waals surface area contributed by atoms with Crippen molar-refractivity contribution in [1.29, 1.82) is 0 Å². The normalized spacial score (nSPS) is 13.2. The standard InChI is InChI=1S/C8H9.K/c1-2-8-6-4-3-5-7-8;/h2-7H,1H3;. The van der Waals surface area contributed by atoms with Crippen LogP contribution in [0.1, 0.15) is 12.5 Å². The summed E-state index contributed by atoms with van der Waals surface area (Å²) in [5, 5.41) is 0. The Labute approximate surface area is 90.2 Å². The van der Waals surface area contributed by atoms with E-state index in [0.717, 1.165) is 49.0 Å². The maximum atomic E-state index is 2.29. The summed E-state index contributed by atoms with van der Waals surface area (Å²) in [4.78, 5) is 0. The van der Waals surface area contributed by atoms with E-state index in [-0.39, 0.29) is 0 Å². The molecule has 0 bridgehead atoms. The number of hydrogen-bond donors (Lipinski definition) is 0. The fourth-order valence-corrected chi connectivity index (χ4v) is 1.44. The summed E-state index contributed by atoms with van der Waals surface area (Å²) >= 11 is 0.925. The summed E-state index contributed by atoms with van der Waals surface area (Å²) in [6.45, 7) is 2.29. The quantitative estimate of drug-likeness (QED) is 0.528. The first kappa shape index (κ1) is 7.96. The number of hydrogen-bond acceptors (Lipinski definition) is 0. The average molecular weight is 144 g/mol. The van der Waals surface area contributed by atoms with E-state index in [1.807, 2.05) is 0 Å². The molecule has 1 aromatic carbocycles. The van der Waals surface area contributed by atoms with Gasteiger partial charge in [0.25, 0.3) is 0 Å². The van der Waals surface area contributed by atoms with Crippen LogP contribution in [-0.4, -0.2) is 49.0 Å². The molecule has 0 heterocycles. The molecule has 0 aliphatic heterocycles. The predicted molar refractivity (Wildman–Crippen MR) is 40.6 cm³/mol. The van der Waals surface area contributed by atoms with E-state index in [9.17, 15) is 0 Å². The van der Waals surface area contributed by atoms with Crippen molar-refractivity contribution in [3.63, 3.8) is 0 Å². The summed E-state index contributed by atoms with van der Waals surface area (Å²) in [6, 6.07) is 10.7. The third-order valence-corrected chi connectivity index (χ3v) is 2.51. The van der Waals surface area contributed by atoms with Crippen LogP contribution in [0, 0.1) is 0 Å². The topological polar surface area (TPSA) is 0 Å². The molecule has 1 rings (SSSR count). The monoisotopic (exact) mass is 144 g/mol. The van der Waals surface area contributed by atoms with E-state index in [4.69, 9.17) is 0 Å². The second-order valence-electron chi connectivity index (χ2n) is 2.57. The number of benzene rings is 1. The zero-order chi connectivity index (χ0) is 6.69. The molecule has 1 aromatic rings. The molecule has 9 heavy (non-hydrogen) atoms. The SMILES string of the molecule is C[CH]([K])c1ccccc1. The van der Waals surface area contributed by atoms with Crippen LogP contribution >= 0.6 is 0 Å². The van der Waals surface area contributed by atoms with Crippen LogP contribution in [0.25, 0.3) is 0 Å². The summed E-state index contributed by atoms with van der Waals surface area (Å²) in [5.74, 6) is 0. The fraction of sp³-hybridized carbons (Fsp3) is 0.250. The molecule has 0 spiro atoms. The predicted octanol–water partition coefficient (Wildman–Crippen LogP) is 1.92. The van der Waals surface area contributed by atoms with E-state index >= 15 is 0 Å². The van der Waals surface area contributed by atoms with E-state index in [1.165, 1.54) is 5.56 Å². The van der Waals surface area contributed by atoms with Gasteiger partial charge in [-0.3, -0.25) is 0 Å². The van der Waals surface area contributed by atoms with Crippen molar-refractivity contribution in [3.05, 3.63) is 35.9 Å². The second kappa shape index (κ2) is 3.89. The van der Waals surface area contributed by atoms with Gasteiger partial charge in [0, 0.05) is 0 Å². The van der Waals surface area contributed by atoms with Gasteiger partial charge in [0.1, 0.15) is 0 Å². The van der Waals surface area contributed by atoms with Crippen LogP contribution in [0.4, 0.5) is 0 Å². The van der Waals surface area contributed by atoms with E-state index in [1.54, 1.807) is 0 Å². The van der Waals surface area contributed by atoms with Crippen molar-refractivity contribution in [2.75, 3.05) is 0 Å². The van der Waals surface area contributed by atoms with Gasteiger partial charge < -0.3 is 0 Å². The molecule has 1 heteroatoms. The Hall–Kier alpha value is 0.856. The van der Waals surface area contributed by atoms with Gasteiger partial charge in [0.15, 0.2) is 0 Å². The van der Waals surface area contributed by atoms with Crippen molar-refractivity contribution in [3.8, 4) is 0 Å². The first-order valence-electron chi connectivity index (χ1n) is 3.35. The van der Waals surface area contributed by atoms with Crippen LogP contribution in [0.5, 0.6) is 0 Å². The van der Waals surface area contributed by atoms with Crippen molar-refractivity contribution >= 4 is 49.0 Å². The summed E-state index contributed by atoms with van der Waals surface area (Å²) in [5.41, 5.74) is 1.50. The van der Waals surface area contributed by atoms with Gasteiger partial charge in [-0.1, -0.05) is 0 Å². The molecule has 0 aromatic heterocycles. The Morgan fingerprint density at radius 2 is 1.78 bits per heavy atom. The first-order valence-corrected chi connectivity index (χ1v) is 5.16. The van der Waals surface area contributed by atoms with Crippen molar-refractivity contribution in [1.82, 2.24) is 0 Å². The Bertz CT molecular complexity index is 167. The third kappa shape index (κ3) is 2.52. The first-order chi connectivity index (χ1) is 4.30. The zero-order valence-electron chi connectivity index (χ0n) is 5.96. The molecule has 0 aliphatic rings. The van der Waals surface area contributed by atoms with Crippen molar-refractivity contribution < 1.29 is 0 Å². The van der Waals surface area contributed by atoms with Crippen LogP contribution in [-0.2, 0) is 0 Å². The van der Waals surface area contributed by atoms with E-state index in [2.05, 4.69) is 37.3 Å². The maximum absolute atomic E-state index is 2.29. The van der Waals surface area contributed by atoms with E-state index in [0.29, 0.717) is 0 Å². The molecule has 0 saturated carbocycles. The Morgan fingerprint density at radius 1 is 1.22 bits per heavy atom. The molecular weight excluding hydrogens is 135 g/mol. The molecule has 42 valence electrons. The molecule has 0 radical (unpaired) electrons. The van der Waals surface area contributed by atoms with Crippen molar-refractivity contribution in [2.45, 2.75) is 6.94 Å². The Morgan fingerprint density at radius 3 is 2.11 bits per heavy atom. The van der Waals surface area contributed by atoms with Crippen LogP contribution in [0.2, 0.25) is 0 Å². The van der Waals surface area contributed by atoms with Gasteiger partial charge in [-0.05, 0) is 0 Å². The molecule has 0 N–H and O–H groups in total. The third-order valence-electron chi connectivity index (χ3n) is 1.47. The molecule has 0 aliphatic carbocycles. The van der Waals surface area contributed by atoms with Crippen LogP contribution in [0.15, 0.2) is 30.3 Å². The summed E-state index contributed by atoms with van der Waals surface area (Å²) in [6.07, 6.45) is 0. The van der Waals surface area contributed by atoms with Crippen molar-refractivity contribution in [2.24, 2.45) is 0 Å². The molecule has 0 amide bonds. The molecular formula is C8H9K. The van der Waals surface area contributed by atoms with Gasteiger partial charge >= 0.3 is 91.8 Å². The van der Waals surface area contributed by atoms with Crippen LogP contribution in [0.3, 0.4) is 0 Å². The number of rotatable bonds is 1. The second-order valence-corrected chi connectivity index (χ2v) is 5.27. The fourth-order valence-electron chi connectivity index (χ4n) is 0.838. The Balaban J connectivity index is 2.85. The van der Waals surface area contributed by atoms with Gasteiger partial charge in [-0.2, -0.15) is 0 Å². The average Bonchev–Trinajstić information content (AvgIpc) is 1.90. The molecule has 1 unspecified atom stereocenters. The summed E-state index contributed by atoms with van der Waals surface area (Å²) < 4.78 is 0.846. The van der Waals surface area contributed by atoms with Crippen LogP contribution < -0.4 is 0 Å².